The van der Waals surface area contributed by atoms with Gasteiger partial charge in [0.05, 0.1) is 5.92 Å². The summed E-state index contributed by atoms with van der Waals surface area (Å²) >= 11 is 0. The molecule has 0 aliphatic heterocycles. The molecule has 0 aromatic carbocycles. The van der Waals surface area contributed by atoms with Gasteiger partial charge in [-0.15, -0.1) is 0 Å². The number of carbonyl (C=O) groups is 2. The third kappa shape index (κ3) is 5.53. The van der Waals surface area contributed by atoms with Crippen LogP contribution in [0.4, 0.5) is 0 Å². The van der Waals surface area contributed by atoms with Gasteiger partial charge in [-0.05, 0) is 0 Å². The molecule has 0 heterocycles. The minimum Gasteiger partial charge on any atom is -0.459 e. The molecule has 0 spiro atoms. The Morgan fingerprint density at radius 3 is 2.21 bits per heavy atom. The summed E-state index contributed by atoms with van der Waals surface area (Å²) in [4.78, 5) is 21.6. The van der Waals surface area contributed by atoms with E-state index in [-0.39, 0.29) is 18.5 Å². The molecule has 0 rings (SSSR count). The Labute approximate surface area is 83.3 Å². The molecular weight excluding hydrogens is 188 g/mol. The molecule has 0 radical (unpaired) electrons. The molecule has 14 heavy (non-hydrogen) atoms. The number of ether oxygens (including phenoxy) is 3. The lowest BCUT2D eigenvalue weighted by atomic mass is 10.2. The van der Waals surface area contributed by atoms with Crippen molar-refractivity contribution in [1.29, 1.82) is 0 Å². The van der Waals surface area contributed by atoms with Gasteiger partial charge >= 0.3 is 11.9 Å². The summed E-state index contributed by atoms with van der Waals surface area (Å²) in [6, 6.07) is 0. The van der Waals surface area contributed by atoms with Gasteiger partial charge in [-0.2, -0.15) is 0 Å². The molecule has 0 aromatic rings. The summed E-state index contributed by atoms with van der Waals surface area (Å²) in [7, 11) is 1.37. The van der Waals surface area contributed by atoms with Crippen molar-refractivity contribution < 1.29 is 23.8 Å². The maximum Gasteiger partial charge on any atom is 0.308 e. The third-order valence-electron chi connectivity index (χ3n) is 1.39. The van der Waals surface area contributed by atoms with E-state index in [0.29, 0.717) is 0 Å². The van der Waals surface area contributed by atoms with Crippen molar-refractivity contribution >= 4 is 11.9 Å². The Kier molecular flexibility index (Phi) is 5.87. The minimum atomic E-state index is -0.824. The number of esters is 2. The van der Waals surface area contributed by atoms with Crippen LogP contribution in [-0.4, -0.2) is 31.9 Å². The first kappa shape index (κ1) is 12.9. The molecule has 0 N–H and O–H groups in total. The van der Waals surface area contributed by atoms with Crippen LogP contribution in [0.5, 0.6) is 0 Å². The van der Waals surface area contributed by atoms with Crippen LogP contribution in [-0.2, 0) is 23.8 Å². The van der Waals surface area contributed by atoms with Crippen LogP contribution in [0.3, 0.4) is 0 Å². The van der Waals surface area contributed by atoms with Crippen LogP contribution in [0.2, 0.25) is 0 Å². The standard InChI is InChI=1S/C9H16O5/c1-6(2)9(11)13-5-8(12-4)14-7(3)10/h6,8H,5H2,1-4H3/t8-/m1/s1. The highest BCUT2D eigenvalue weighted by molar-refractivity contribution is 5.71. The molecule has 5 heteroatoms. The molecule has 1 atom stereocenters. The van der Waals surface area contributed by atoms with E-state index in [0.717, 1.165) is 0 Å². The minimum absolute atomic E-state index is 0.0763. The van der Waals surface area contributed by atoms with Gasteiger partial charge in [-0.3, -0.25) is 9.59 Å². The van der Waals surface area contributed by atoms with Gasteiger partial charge in [0.15, 0.2) is 6.61 Å². The van der Waals surface area contributed by atoms with Crippen molar-refractivity contribution in [3.63, 3.8) is 0 Å². The Balaban J connectivity index is 3.83. The average Bonchev–Trinajstić information content (AvgIpc) is 2.10. The van der Waals surface area contributed by atoms with E-state index in [2.05, 4.69) is 0 Å². The summed E-state index contributed by atoms with van der Waals surface area (Å²) in [6.07, 6.45) is -0.824. The monoisotopic (exact) mass is 204 g/mol. The second-order valence-electron chi connectivity index (χ2n) is 3.06. The molecule has 0 aliphatic carbocycles. The largest absolute Gasteiger partial charge is 0.459 e. The van der Waals surface area contributed by atoms with Crippen molar-refractivity contribution in [2.45, 2.75) is 27.1 Å². The first-order valence-electron chi connectivity index (χ1n) is 4.34. The van der Waals surface area contributed by atoms with Gasteiger partial charge in [-0.25, -0.2) is 0 Å². The molecule has 5 nitrogen and oxygen atoms in total. The highest BCUT2D eigenvalue weighted by atomic mass is 16.7. The van der Waals surface area contributed by atoms with Gasteiger partial charge in [0, 0.05) is 14.0 Å². The predicted octanol–water partition coefficient (Wildman–Crippen LogP) is 0.721. The fourth-order valence-electron chi connectivity index (χ4n) is 0.652. The van der Waals surface area contributed by atoms with E-state index in [1.807, 2.05) is 0 Å². The number of hydrogen-bond acceptors (Lipinski definition) is 5. The van der Waals surface area contributed by atoms with E-state index in [1.54, 1.807) is 13.8 Å². The van der Waals surface area contributed by atoms with Gasteiger partial charge in [-0.1, -0.05) is 13.8 Å². The van der Waals surface area contributed by atoms with E-state index < -0.39 is 12.3 Å². The summed E-state index contributed by atoms with van der Waals surface area (Å²) in [6.45, 7) is 4.62. The maximum atomic E-state index is 11.0. The summed E-state index contributed by atoms with van der Waals surface area (Å²) in [5.74, 6) is -1.03. The molecule has 0 unspecified atom stereocenters. The molecule has 0 bridgehead atoms. The highest BCUT2D eigenvalue weighted by Gasteiger charge is 2.15. The number of hydrogen-bond donors (Lipinski definition) is 0. The Bertz CT molecular complexity index is 199. The van der Waals surface area contributed by atoms with Gasteiger partial charge < -0.3 is 14.2 Å². The van der Waals surface area contributed by atoms with Crippen molar-refractivity contribution in [3.8, 4) is 0 Å². The third-order valence-corrected chi connectivity index (χ3v) is 1.39. The lowest BCUT2D eigenvalue weighted by Gasteiger charge is -2.15. The van der Waals surface area contributed by atoms with Gasteiger partial charge in [0.25, 0.3) is 0 Å². The van der Waals surface area contributed by atoms with Crippen LogP contribution in [0.15, 0.2) is 0 Å². The Morgan fingerprint density at radius 2 is 1.86 bits per heavy atom. The maximum absolute atomic E-state index is 11.0. The first-order chi connectivity index (χ1) is 6.47. The Morgan fingerprint density at radius 1 is 1.29 bits per heavy atom. The normalized spacial score (nSPS) is 12.4. The van der Waals surface area contributed by atoms with Gasteiger partial charge in [0.1, 0.15) is 0 Å². The van der Waals surface area contributed by atoms with Crippen LogP contribution >= 0.6 is 0 Å². The molecule has 0 aliphatic rings. The number of rotatable bonds is 5. The second-order valence-corrected chi connectivity index (χ2v) is 3.06. The Hall–Kier alpha value is -1.10. The predicted molar refractivity (Wildman–Crippen MR) is 48.4 cm³/mol. The zero-order chi connectivity index (χ0) is 11.1. The van der Waals surface area contributed by atoms with Crippen molar-refractivity contribution in [1.82, 2.24) is 0 Å². The molecule has 0 saturated carbocycles. The highest BCUT2D eigenvalue weighted by Crippen LogP contribution is 2.00. The molecule has 82 valence electrons. The fraction of sp³-hybridized carbons (Fsp3) is 0.778. The fourth-order valence-corrected chi connectivity index (χ4v) is 0.652. The van der Waals surface area contributed by atoms with Crippen LogP contribution in [0, 0.1) is 5.92 Å². The van der Waals surface area contributed by atoms with Crippen LogP contribution in [0.25, 0.3) is 0 Å². The second kappa shape index (κ2) is 6.37. The van der Waals surface area contributed by atoms with Crippen LogP contribution < -0.4 is 0 Å². The summed E-state index contributed by atoms with van der Waals surface area (Å²) in [5, 5.41) is 0. The van der Waals surface area contributed by atoms with Gasteiger partial charge in [0.2, 0.25) is 6.29 Å². The molecule has 0 fully saturated rings. The number of carbonyl (C=O) groups excluding carboxylic acids is 2. The van der Waals surface area contributed by atoms with Crippen molar-refractivity contribution in [3.05, 3.63) is 0 Å². The SMILES string of the molecule is CO[C@@H](COC(=O)C(C)C)OC(C)=O. The molecular formula is C9H16O5. The smallest absolute Gasteiger partial charge is 0.308 e. The van der Waals surface area contributed by atoms with E-state index >= 15 is 0 Å². The number of methoxy groups -OCH3 is 1. The zero-order valence-corrected chi connectivity index (χ0v) is 8.90. The molecule has 0 saturated heterocycles. The molecule has 0 aromatic heterocycles. The topological polar surface area (TPSA) is 61.8 Å². The van der Waals surface area contributed by atoms with Crippen molar-refractivity contribution in [2.24, 2.45) is 5.92 Å². The zero-order valence-electron chi connectivity index (χ0n) is 8.90. The molecule has 0 amide bonds. The van der Waals surface area contributed by atoms with Crippen molar-refractivity contribution in [2.75, 3.05) is 13.7 Å². The quantitative estimate of drug-likeness (QED) is 0.487. The average molecular weight is 204 g/mol. The van der Waals surface area contributed by atoms with Crippen LogP contribution in [0.1, 0.15) is 20.8 Å². The summed E-state index contributed by atoms with van der Waals surface area (Å²) in [5.41, 5.74) is 0. The van der Waals surface area contributed by atoms with E-state index in [9.17, 15) is 9.59 Å². The first-order valence-corrected chi connectivity index (χ1v) is 4.34. The summed E-state index contributed by atoms with van der Waals surface area (Å²) < 4.78 is 14.3. The lowest BCUT2D eigenvalue weighted by molar-refractivity contribution is -0.187. The van der Waals surface area contributed by atoms with E-state index in [4.69, 9.17) is 14.2 Å². The lowest BCUT2D eigenvalue weighted by Crippen LogP contribution is -2.27. The van der Waals surface area contributed by atoms with E-state index in [1.165, 1.54) is 14.0 Å².